The highest BCUT2D eigenvalue weighted by Gasteiger charge is 2.37. The van der Waals surface area contributed by atoms with Crippen LogP contribution in [0.2, 0.25) is 5.02 Å². The molecule has 0 radical (unpaired) electrons. The van der Waals surface area contributed by atoms with Gasteiger partial charge in [0.15, 0.2) is 9.84 Å². The van der Waals surface area contributed by atoms with Crippen LogP contribution in [0.3, 0.4) is 0 Å². The van der Waals surface area contributed by atoms with Crippen LogP contribution < -0.4 is 10.6 Å². The van der Waals surface area contributed by atoms with E-state index in [2.05, 4.69) is 10.6 Å². The van der Waals surface area contributed by atoms with Gasteiger partial charge in [0.1, 0.15) is 0 Å². The smallest absolute Gasteiger partial charge is 0.319 e. The molecule has 1 heterocycles. The Morgan fingerprint density at radius 1 is 1.21 bits per heavy atom. The summed E-state index contributed by atoms with van der Waals surface area (Å²) >= 11 is 11.6. The molecule has 5 nitrogen and oxygen atoms in total. The van der Waals surface area contributed by atoms with E-state index in [0.717, 1.165) is 0 Å². The lowest BCUT2D eigenvalue weighted by molar-refractivity contribution is 0.249. The van der Waals surface area contributed by atoms with Gasteiger partial charge in [0.2, 0.25) is 0 Å². The van der Waals surface area contributed by atoms with E-state index in [1.54, 1.807) is 24.3 Å². The number of anilines is 1. The fourth-order valence-electron chi connectivity index (χ4n) is 1.81. The fourth-order valence-corrected chi connectivity index (χ4v) is 4.48. The van der Waals surface area contributed by atoms with Crippen molar-refractivity contribution in [1.29, 1.82) is 0 Å². The van der Waals surface area contributed by atoms with Crippen molar-refractivity contribution < 1.29 is 13.2 Å². The molecule has 1 aliphatic rings. The van der Waals surface area contributed by atoms with Crippen LogP contribution in [-0.4, -0.2) is 37.4 Å². The molecule has 0 unspecified atom stereocenters. The number of alkyl halides is 1. The third-order valence-corrected chi connectivity index (χ3v) is 5.33. The second-order valence-corrected chi connectivity index (χ2v) is 7.46. The van der Waals surface area contributed by atoms with Gasteiger partial charge in [-0.1, -0.05) is 11.6 Å². The quantitative estimate of drug-likeness (QED) is 0.816. The molecule has 8 heteroatoms. The van der Waals surface area contributed by atoms with E-state index < -0.39 is 27.3 Å². The third kappa shape index (κ3) is 3.99. The van der Waals surface area contributed by atoms with E-state index in [0.29, 0.717) is 10.7 Å². The molecule has 1 fully saturated rings. The van der Waals surface area contributed by atoms with Crippen LogP contribution in [0.25, 0.3) is 0 Å². The van der Waals surface area contributed by atoms with Crippen molar-refractivity contribution in [2.45, 2.75) is 11.4 Å². The molecular formula is C11H12Cl2N2O3S. The lowest BCUT2D eigenvalue weighted by Crippen LogP contribution is -2.42. The summed E-state index contributed by atoms with van der Waals surface area (Å²) in [6.07, 6.45) is 0. The van der Waals surface area contributed by atoms with Crippen LogP contribution in [-0.2, 0) is 9.84 Å². The highest BCUT2D eigenvalue weighted by atomic mass is 35.5. The minimum Gasteiger partial charge on any atom is -0.333 e. The monoisotopic (exact) mass is 322 g/mol. The van der Waals surface area contributed by atoms with E-state index in [1.807, 2.05) is 0 Å². The molecule has 104 valence electrons. The summed E-state index contributed by atoms with van der Waals surface area (Å²) in [6, 6.07) is 5.51. The van der Waals surface area contributed by atoms with Crippen LogP contribution in [0.1, 0.15) is 0 Å². The number of rotatable bonds is 2. The predicted molar refractivity (Wildman–Crippen MR) is 75.7 cm³/mol. The Kier molecular flexibility index (Phi) is 4.23. The van der Waals surface area contributed by atoms with Crippen molar-refractivity contribution in [2.75, 3.05) is 16.8 Å². The maximum Gasteiger partial charge on any atom is 0.319 e. The number of hydrogen-bond acceptors (Lipinski definition) is 3. The fraction of sp³-hybridized carbons (Fsp3) is 0.364. The Bertz CT molecular complexity index is 574. The van der Waals surface area contributed by atoms with Crippen LogP contribution in [0.5, 0.6) is 0 Å². The summed E-state index contributed by atoms with van der Waals surface area (Å²) in [5.41, 5.74) is 0.564. The number of carbonyl (C=O) groups excluding carboxylic acids is 1. The average molecular weight is 323 g/mol. The van der Waals surface area contributed by atoms with Gasteiger partial charge in [-0.2, -0.15) is 0 Å². The highest BCUT2D eigenvalue weighted by Crippen LogP contribution is 2.18. The standard InChI is InChI=1S/C11H12Cl2N2O3S/c12-7-1-3-8(4-2-7)14-11(16)15-10-6-19(17,18)5-9(10)13/h1-4,9-10H,5-6H2,(H2,14,15,16)/t9-,10-/m1/s1. The number of carbonyl (C=O) groups is 1. The first-order valence-electron chi connectivity index (χ1n) is 5.53. The number of urea groups is 1. The van der Waals surface area contributed by atoms with Crippen LogP contribution in [0, 0.1) is 0 Å². The van der Waals surface area contributed by atoms with Crippen LogP contribution in [0.4, 0.5) is 10.5 Å². The minimum absolute atomic E-state index is 0.111. The third-order valence-electron chi connectivity index (χ3n) is 2.70. The lowest BCUT2D eigenvalue weighted by Gasteiger charge is -2.15. The van der Waals surface area contributed by atoms with Gasteiger partial charge in [-0.05, 0) is 24.3 Å². The molecule has 2 atom stereocenters. The second-order valence-electron chi connectivity index (χ2n) is 4.30. The normalized spacial score (nSPS) is 24.9. The lowest BCUT2D eigenvalue weighted by atomic mass is 10.2. The van der Waals surface area contributed by atoms with Gasteiger partial charge < -0.3 is 10.6 Å². The van der Waals surface area contributed by atoms with Gasteiger partial charge >= 0.3 is 6.03 Å². The molecule has 1 aromatic carbocycles. The second kappa shape index (κ2) is 5.56. The summed E-state index contributed by atoms with van der Waals surface area (Å²) in [7, 11) is -3.16. The van der Waals surface area contributed by atoms with Crippen molar-refractivity contribution >= 4 is 44.8 Å². The summed E-state index contributed by atoms with van der Waals surface area (Å²) < 4.78 is 22.7. The summed E-state index contributed by atoms with van der Waals surface area (Å²) in [4.78, 5) is 11.7. The van der Waals surface area contributed by atoms with Crippen molar-refractivity contribution in [1.82, 2.24) is 5.32 Å². The molecular weight excluding hydrogens is 311 g/mol. The molecule has 0 aromatic heterocycles. The van der Waals surface area contributed by atoms with Crippen LogP contribution in [0.15, 0.2) is 24.3 Å². The molecule has 19 heavy (non-hydrogen) atoms. The molecule has 0 spiro atoms. The zero-order chi connectivity index (χ0) is 14.0. The number of amides is 2. The van der Waals surface area contributed by atoms with Crippen molar-refractivity contribution in [3.63, 3.8) is 0 Å². The zero-order valence-corrected chi connectivity index (χ0v) is 12.1. The molecule has 2 amide bonds. The SMILES string of the molecule is O=C(Nc1ccc(Cl)cc1)N[C@@H]1CS(=O)(=O)C[C@H]1Cl. The molecule has 1 aromatic rings. The summed E-state index contributed by atoms with van der Waals surface area (Å²) in [5.74, 6) is -0.240. The number of sulfone groups is 1. The average Bonchev–Trinajstić information content (AvgIpc) is 2.55. The van der Waals surface area contributed by atoms with E-state index in [4.69, 9.17) is 23.2 Å². The Hall–Kier alpha value is -0.980. The Balaban J connectivity index is 1.93. The summed E-state index contributed by atoms with van der Waals surface area (Å²) in [5, 5.41) is 5.10. The maximum atomic E-state index is 11.7. The van der Waals surface area contributed by atoms with Gasteiger partial charge in [-0.3, -0.25) is 0 Å². The van der Waals surface area contributed by atoms with Crippen LogP contribution >= 0.6 is 23.2 Å². The predicted octanol–water partition coefficient (Wildman–Crippen LogP) is 1.87. The van der Waals surface area contributed by atoms with Crippen molar-refractivity contribution in [3.05, 3.63) is 29.3 Å². The summed E-state index contributed by atoms with van der Waals surface area (Å²) in [6.45, 7) is 0. The largest absolute Gasteiger partial charge is 0.333 e. The van der Waals surface area contributed by atoms with E-state index >= 15 is 0 Å². The van der Waals surface area contributed by atoms with Gasteiger partial charge in [0, 0.05) is 10.7 Å². The molecule has 2 N–H and O–H groups in total. The van der Waals surface area contributed by atoms with Crippen molar-refractivity contribution in [3.8, 4) is 0 Å². The molecule has 0 saturated carbocycles. The maximum absolute atomic E-state index is 11.7. The van der Waals surface area contributed by atoms with E-state index in [9.17, 15) is 13.2 Å². The first-order valence-corrected chi connectivity index (χ1v) is 8.17. The molecule has 2 rings (SSSR count). The molecule has 0 aliphatic carbocycles. The van der Waals surface area contributed by atoms with E-state index in [-0.39, 0.29) is 11.5 Å². The minimum atomic E-state index is -3.16. The Morgan fingerprint density at radius 3 is 2.37 bits per heavy atom. The van der Waals surface area contributed by atoms with Gasteiger partial charge in [-0.15, -0.1) is 11.6 Å². The molecule has 1 aliphatic heterocycles. The van der Waals surface area contributed by atoms with Crippen molar-refractivity contribution in [2.24, 2.45) is 0 Å². The molecule has 0 bridgehead atoms. The first kappa shape index (κ1) is 14.4. The van der Waals surface area contributed by atoms with Gasteiger partial charge in [0.25, 0.3) is 0 Å². The number of halogens is 2. The van der Waals surface area contributed by atoms with Gasteiger partial charge in [0.05, 0.1) is 22.9 Å². The van der Waals surface area contributed by atoms with Gasteiger partial charge in [-0.25, -0.2) is 13.2 Å². The van der Waals surface area contributed by atoms with E-state index in [1.165, 1.54) is 0 Å². The number of nitrogens with one attached hydrogen (secondary N) is 2. The zero-order valence-electron chi connectivity index (χ0n) is 9.77. The Labute approximate surface area is 121 Å². The number of hydrogen-bond donors (Lipinski definition) is 2. The Morgan fingerprint density at radius 2 is 1.84 bits per heavy atom. The topological polar surface area (TPSA) is 75.3 Å². The molecule has 1 saturated heterocycles. The number of benzene rings is 1. The highest BCUT2D eigenvalue weighted by molar-refractivity contribution is 7.91. The first-order chi connectivity index (χ1) is 8.85.